The van der Waals surface area contributed by atoms with Gasteiger partial charge in [0.25, 0.3) is 0 Å². The Labute approximate surface area is 78.9 Å². The number of rotatable bonds is 2. The maximum atomic E-state index is 2.83. The molecular weight excluding hydrogens is 226 g/mol. The van der Waals surface area contributed by atoms with Gasteiger partial charge in [0, 0.05) is 0 Å². The van der Waals surface area contributed by atoms with Gasteiger partial charge in [-0.2, -0.15) is 0 Å². The van der Waals surface area contributed by atoms with Crippen molar-refractivity contribution in [2.75, 3.05) is 19.6 Å². The van der Waals surface area contributed by atoms with Gasteiger partial charge in [0.05, 0.1) is 0 Å². The number of hydrogen-bond acceptors (Lipinski definition) is 1. The van der Waals surface area contributed by atoms with Crippen molar-refractivity contribution in [3.05, 3.63) is 0 Å². The Balaban J connectivity index is 1.67. The van der Waals surface area contributed by atoms with Crippen LogP contribution in [0.2, 0.25) is 47.7 Å². The van der Waals surface area contributed by atoms with E-state index in [9.17, 15) is 0 Å². The molecule has 0 aromatic rings. The Hall–Kier alpha value is 0.479. The van der Waals surface area contributed by atoms with E-state index in [-0.39, 0.29) is 0 Å². The quantitative estimate of drug-likeness (QED) is 0.530. The average molecular weight is 241 g/mol. The van der Waals surface area contributed by atoms with E-state index in [2.05, 4.69) is 4.90 Å². The molecule has 0 aliphatic carbocycles. The van der Waals surface area contributed by atoms with Crippen LogP contribution in [0.15, 0.2) is 0 Å². The van der Waals surface area contributed by atoms with Crippen LogP contribution in [0.5, 0.6) is 0 Å². The molecule has 80 valence electrons. The molecule has 11 aliphatic heterocycles. The molecule has 1 spiro atoms. The number of fused-ring (bicyclic) bond motifs is 10. The predicted octanol–water partition coefficient (Wildman–Crippen LogP) is 3.06. The summed E-state index contributed by atoms with van der Waals surface area (Å²) in [6.45, 7) is 2.05. The molecule has 2 heteroatoms. The molecule has 1 nitrogen and oxygen atoms in total. The van der Waals surface area contributed by atoms with Crippen molar-refractivity contribution in [1.82, 2.24) is 4.90 Å². The summed E-state index contributed by atoms with van der Waals surface area (Å²) in [5.41, 5.74) is 0. The van der Waals surface area contributed by atoms with E-state index in [4.69, 9.17) is 0 Å². The van der Waals surface area contributed by atoms with Crippen molar-refractivity contribution in [3.63, 3.8) is 0 Å². The van der Waals surface area contributed by atoms with Gasteiger partial charge >= 0.3 is 78.7 Å². The summed E-state index contributed by atoms with van der Waals surface area (Å²) in [6.07, 6.45) is 0. The first kappa shape index (κ1) is 5.00. The molecule has 0 N–H and O–H groups in total. The van der Waals surface area contributed by atoms with Gasteiger partial charge in [-0.1, -0.05) is 0 Å². The van der Waals surface area contributed by atoms with Crippen LogP contribution in [0.4, 0.5) is 0 Å². The summed E-state index contributed by atoms with van der Waals surface area (Å²) in [5.74, 6) is 0. The molecule has 15 heavy (non-hydrogen) atoms. The zero-order valence-electron chi connectivity index (χ0n) is 8.62. The van der Waals surface area contributed by atoms with Crippen molar-refractivity contribution in [2.45, 2.75) is 47.7 Å². The van der Waals surface area contributed by atoms with Crippen LogP contribution in [-0.2, 0) is 6.51 Å². The molecule has 11 heterocycles. The van der Waals surface area contributed by atoms with E-state index in [1.807, 2.05) is 0 Å². The van der Waals surface area contributed by atoms with Gasteiger partial charge in [-0.05, 0) is 0 Å². The van der Waals surface area contributed by atoms with E-state index >= 15 is 0 Å². The Morgan fingerprint density at radius 2 is 1.40 bits per heavy atom. The molecule has 11 rings (SSSR count). The summed E-state index contributed by atoms with van der Waals surface area (Å²) >= 11 is 0. The third-order valence-corrected chi connectivity index (χ3v) is 58.9. The number of hydrogen-bond donors (Lipinski definition) is 0. The molecular formula is C13H15FeN. The summed E-state index contributed by atoms with van der Waals surface area (Å²) in [4.78, 5) is 16.8. The van der Waals surface area contributed by atoms with Crippen molar-refractivity contribution in [2.24, 2.45) is 0 Å². The van der Waals surface area contributed by atoms with Gasteiger partial charge in [0.2, 0.25) is 0 Å². The Kier molecular flexibility index (Phi) is 0.123. The Morgan fingerprint density at radius 3 is 1.67 bits per heavy atom. The molecule has 4 atom stereocenters. The monoisotopic (exact) mass is 241 g/mol. The summed E-state index contributed by atoms with van der Waals surface area (Å²) in [5, 5.41) is 0. The molecule has 0 aromatic carbocycles. The van der Waals surface area contributed by atoms with E-state index in [1.54, 1.807) is 40.3 Å². The summed E-state index contributed by atoms with van der Waals surface area (Å²) in [7, 11) is 0. The molecule has 4 unspecified atom stereocenters. The zero-order valence-corrected chi connectivity index (χ0v) is 9.72. The molecule has 0 aromatic heterocycles. The first-order chi connectivity index (χ1) is 7.12. The van der Waals surface area contributed by atoms with Gasteiger partial charge < -0.3 is 0 Å². The molecule has 0 amide bonds. The van der Waals surface area contributed by atoms with Crippen LogP contribution < -0.4 is 0 Å². The van der Waals surface area contributed by atoms with Crippen LogP contribution in [0.3, 0.4) is 0 Å². The van der Waals surface area contributed by atoms with Crippen molar-refractivity contribution in [3.8, 4) is 0 Å². The molecule has 11 fully saturated rings. The van der Waals surface area contributed by atoms with Crippen LogP contribution >= 0.6 is 0 Å². The second-order valence-electron chi connectivity index (χ2n) is 11.1. The van der Waals surface area contributed by atoms with Crippen LogP contribution in [-0.4, -0.2) is 24.5 Å². The summed E-state index contributed by atoms with van der Waals surface area (Å²) in [6, 6.07) is 0. The minimum absolute atomic E-state index is 1.20. The second-order valence-corrected chi connectivity index (χ2v) is 34.8. The maximum absolute atomic E-state index is 2.83. The summed E-state index contributed by atoms with van der Waals surface area (Å²) < 4.78 is 1.20. The van der Waals surface area contributed by atoms with Crippen LogP contribution in [0.1, 0.15) is 0 Å². The third-order valence-electron chi connectivity index (χ3n) is 16.0. The first-order valence-electron chi connectivity index (χ1n) is 7.06. The zero-order chi connectivity index (χ0) is 8.71. The Bertz CT molecular complexity index is 845. The second kappa shape index (κ2) is 0.369. The molecule has 0 bridgehead atoms. The minimum atomic E-state index is -2.60. The Morgan fingerprint density at radius 1 is 0.867 bits per heavy atom. The first-order valence-corrected chi connectivity index (χ1v) is 13.3. The van der Waals surface area contributed by atoms with Gasteiger partial charge in [0.15, 0.2) is 0 Å². The van der Waals surface area contributed by atoms with Gasteiger partial charge in [-0.25, -0.2) is 0 Å². The average Bonchev–Trinajstić information content (AvgIpc) is 3.19. The van der Waals surface area contributed by atoms with E-state index in [0.717, 1.165) is 0 Å². The normalized spacial score (nSPS) is 139. The van der Waals surface area contributed by atoms with Gasteiger partial charge in [-0.3, -0.25) is 0 Å². The molecule has 0 saturated carbocycles. The van der Waals surface area contributed by atoms with Gasteiger partial charge in [0.1, 0.15) is 0 Å². The SMILES string of the molecule is C1CN1C[C]12[CH]3[CH]4[CH]5[CH]1[Fe]45321678[CH]2[CH]1[CH]6[CH]7[CH]28. The fourth-order valence-corrected chi connectivity index (χ4v) is 92.4. The van der Waals surface area contributed by atoms with Crippen molar-refractivity contribution >= 4 is 0 Å². The van der Waals surface area contributed by atoms with Gasteiger partial charge in [-0.15, -0.1) is 0 Å². The van der Waals surface area contributed by atoms with Crippen molar-refractivity contribution < 1.29 is 6.51 Å². The van der Waals surface area contributed by atoms with E-state index in [1.165, 1.54) is 27.0 Å². The van der Waals surface area contributed by atoms with Crippen LogP contribution in [0, 0.1) is 0 Å². The predicted molar refractivity (Wildman–Crippen MR) is 52.9 cm³/mol. The fraction of sp³-hybridized carbons (Fsp3) is 1.00. The molecule has 11 saturated heterocycles. The fourth-order valence-electron chi connectivity index (χ4n) is 17.6. The van der Waals surface area contributed by atoms with E-state index in [0.29, 0.717) is 0 Å². The topological polar surface area (TPSA) is 3.01 Å². The molecule has 0 radical (unpaired) electrons. The van der Waals surface area contributed by atoms with Crippen molar-refractivity contribution in [1.29, 1.82) is 0 Å². The number of nitrogens with zero attached hydrogens (tertiary/aromatic N) is 1. The standard InChI is InChI=1S/C8H10N.C5H5.Fe/c1-2-4-8(3-1)7-9-5-6-9;1-2-4-5-3-1;/h1-4H,5-7H2;1-5H;. The van der Waals surface area contributed by atoms with Crippen LogP contribution in [0.25, 0.3) is 0 Å². The molecule has 11 aliphatic rings. The van der Waals surface area contributed by atoms with E-state index < -0.39 is 6.51 Å². The third kappa shape index (κ3) is 0.0460.